The van der Waals surface area contributed by atoms with E-state index in [2.05, 4.69) is 0 Å². The summed E-state index contributed by atoms with van der Waals surface area (Å²) in [6, 6.07) is 10.7. The van der Waals surface area contributed by atoms with E-state index in [1.807, 2.05) is 0 Å². The zero-order valence-corrected chi connectivity index (χ0v) is 13.2. The van der Waals surface area contributed by atoms with Gasteiger partial charge in [0.2, 0.25) is 0 Å². The molecule has 3 nitrogen and oxygen atoms in total. The molecule has 0 bridgehead atoms. The number of halogens is 1. The Hall–Kier alpha value is -1.37. The van der Waals surface area contributed by atoms with Crippen LogP contribution in [-0.4, -0.2) is 19.8 Å². The van der Waals surface area contributed by atoms with Crippen molar-refractivity contribution in [3.8, 4) is 0 Å². The highest BCUT2D eigenvalue weighted by Crippen LogP contribution is 2.34. The van der Waals surface area contributed by atoms with Gasteiger partial charge in [0.1, 0.15) is 5.82 Å². The molecule has 0 aliphatic carbocycles. The minimum absolute atomic E-state index is 0.252. The molecule has 2 aromatic rings. The molecule has 0 aliphatic rings. The monoisotopic (exact) mass is 326 g/mol. The van der Waals surface area contributed by atoms with Crippen molar-refractivity contribution in [3.05, 3.63) is 53.8 Å². The number of hydrogen-bond donors (Lipinski definition) is 1. The van der Waals surface area contributed by atoms with E-state index in [4.69, 9.17) is 0 Å². The number of rotatable bonds is 4. The molecule has 0 aliphatic heterocycles. The fourth-order valence-corrected chi connectivity index (χ4v) is 3.46. The van der Waals surface area contributed by atoms with Crippen LogP contribution >= 0.6 is 11.8 Å². The van der Waals surface area contributed by atoms with Crippen LogP contribution in [0.4, 0.5) is 4.39 Å². The van der Waals surface area contributed by atoms with Gasteiger partial charge in [-0.15, -0.1) is 0 Å². The first kappa shape index (κ1) is 16.0. The average Bonchev–Trinajstić information content (AvgIpc) is 2.40. The SMILES string of the molecule is C[C@@H](O)c1cc(F)ccc1Sc1ccc(S(C)(=O)=O)cc1. The Kier molecular flexibility index (Phi) is 4.70. The van der Waals surface area contributed by atoms with Gasteiger partial charge in [-0.25, -0.2) is 12.8 Å². The summed E-state index contributed by atoms with van der Waals surface area (Å²) < 4.78 is 36.0. The Morgan fingerprint density at radius 3 is 2.29 bits per heavy atom. The molecular weight excluding hydrogens is 311 g/mol. The first-order chi connectivity index (χ1) is 9.77. The molecular formula is C15H15FO3S2. The molecule has 1 atom stereocenters. The molecule has 0 saturated carbocycles. The van der Waals surface area contributed by atoms with Gasteiger partial charge in [0, 0.05) is 16.0 Å². The van der Waals surface area contributed by atoms with Gasteiger partial charge in [0.25, 0.3) is 0 Å². The Bertz CT molecular complexity index is 738. The maximum absolute atomic E-state index is 13.2. The topological polar surface area (TPSA) is 54.4 Å². The largest absolute Gasteiger partial charge is 0.389 e. The fourth-order valence-electron chi connectivity index (χ4n) is 1.82. The van der Waals surface area contributed by atoms with Crippen molar-refractivity contribution in [1.82, 2.24) is 0 Å². The normalized spacial score (nSPS) is 13.1. The summed E-state index contributed by atoms with van der Waals surface area (Å²) >= 11 is 1.35. The quantitative estimate of drug-likeness (QED) is 0.935. The second-order valence-electron chi connectivity index (χ2n) is 4.70. The Labute approximate surface area is 127 Å². The summed E-state index contributed by atoms with van der Waals surface area (Å²) in [5.41, 5.74) is 0.507. The van der Waals surface area contributed by atoms with Crippen LogP contribution in [0.25, 0.3) is 0 Å². The highest BCUT2D eigenvalue weighted by atomic mass is 32.2. The number of benzene rings is 2. The van der Waals surface area contributed by atoms with Gasteiger partial charge in [-0.05, 0) is 55.0 Å². The molecule has 2 rings (SSSR count). The molecule has 1 N–H and O–H groups in total. The van der Waals surface area contributed by atoms with Crippen LogP contribution in [0.3, 0.4) is 0 Å². The number of hydrogen-bond acceptors (Lipinski definition) is 4. The molecule has 0 saturated heterocycles. The first-order valence-corrected chi connectivity index (χ1v) is 8.93. The van der Waals surface area contributed by atoms with Crippen molar-refractivity contribution < 1.29 is 17.9 Å². The molecule has 6 heteroatoms. The Balaban J connectivity index is 2.30. The van der Waals surface area contributed by atoms with E-state index in [-0.39, 0.29) is 4.90 Å². The summed E-state index contributed by atoms with van der Waals surface area (Å²) in [5.74, 6) is -0.400. The van der Waals surface area contributed by atoms with Crippen molar-refractivity contribution in [2.24, 2.45) is 0 Å². The molecule has 2 aromatic carbocycles. The molecule has 0 aromatic heterocycles. The number of sulfone groups is 1. The molecule has 0 fully saturated rings. The second-order valence-corrected chi connectivity index (χ2v) is 7.83. The van der Waals surface area contributed by atoms with Crippen LogP contribution in [0.1, 0.15) is 18.6 Å². The summed E-state index contributed by atoms with van der Waals surface area (Å²) in [4.78, 5) is 1.80. The van der Waals surface area contributed by atoms with Crippen molar-refractivity contribution in [2.75, 3.05) is 6.26 Å². The Morgan fingerprint density at radius 2 is 1.76 bits per heavy atom. The minimum Gasteiger partial charge on any atom is -0.389 e. The lowest BCUT2D eigenvalue weighted by atomic mass is 10.1. The van der Waals surface area contributed by atoms with E-state index in [9.17, 15) is 17.9 Å². The molecule has 0 amide bonds. The lowest BCUT2D eigenvalue weighted by Gasteiger charge is -2.12. The summed E-state index contributed by atoms with van der Waals surface area (Å²) in [6.07, 6.45) is 0.374. The van der Waals surface area contributed by atoms with Gasteiger partial charge >= 0.3 is 0 Å². The van der Waals surface area contributed by atoms with E-state index in [0.29, 0.717) is 5.56 Å². The molecule has 0 radical (unpaired) electrons. The van der Waals surface area contributed by atoms with Crippen molar-refractivity contribution in [2.45, 2.75) is 27.7 Å². The maximum Gasteiger partial charge on any atom is 0.175 e. The van der Waals surface area contributed by atoms with Crippen LogP contribution in [0.15, 0.2) is 57.2 Å². The number of aliphatic hydroxyl groups excluding tert-OH is 1. The number of aliphatic hydroxyl groups is 1. The van der Waals surface area contributed by atoms with Gasteiger partial charge in [-0.1, -0.05) is 11.8 Å². The van der Waals surface area contributed by atoms with Gasteiger partial charge in [0.05, 0.1) is 11.0 Å². The van der Waals surface area contributed by atoms with Crippen molar-refractivity contribution in [3.63, 3.8) is 0 Å². The third-order valence-corrected chi connectivity index (χ3v) is 5.13. The van der Waals surface area contributed by atoms with Crippen molar-refractivity contribution in [1.29, 1.82) is 0 Å². The second kappa shape index (κ2) is 6.17. The Morgan fingerprint density at radius 1 is 1.14 bits per heavy atom. The lowest BCUT2D eigenvalue weighted by Crippen LogP contribution is -1.97. The summed E-state index contributed by atoms with van der Waals surface area (Å²) in [5, 5.41) is 9.70. The highest BCUT2D eigenvalue weighted by Gasteiger charge is 2.12. The van der Waals surface area contributed by atoms with E-state index in [0.717, 1.165) is 16.0 Å². The lowest BCUT2D eigenvalue weighted by molar-refractivity contribution is 0.196. The molecule has 0 unspecified atom stereocenters. The van der Waals surface area contributed by atoms with E-state index < -0.39 is 21.8 Å². The zero-order chi connectivity index (χ0) is 15.6. The minimum atomic E-state index is -3.22. The fraction of sp³-hybridized carbons (Fsp3) is 0.200. The highest BCUT2D eigenvalue weighted by molar-refractivity contribution is 7.99. The van der Waals surface area contributed by atoms with E-state index >= 15 is 0 Å². The molecule has 0 spiro atoms. The van der Waals surface area contributed by atoms with Crippen molar-refractivity contribution >= 4 is 21.6 Å². The molecule has 21 heavy (non-hydrogen) atoms. The molecule has 0 heterocycles. The van der Waals surface area contributed by atoms with Gasteiger partial charge in [-0.2, -0.15) is 0 Å². The third-order valence-electron chi connectivity index (χ3n) is 2.90. The standard InChI is InChI=1S/C15H15FO3S2/c1-10(17)14-9-11(16)3-8-15(14)20-12-4-6-13(7-5-12)21(2,18)19/h3-10,17H,1-2H3/t10-/m1/s1. The predicted molar refractivity (Wildman–Crippen MR) is 80.7 cm³/mol. The first-order valence-electron chi connectivity index (χ1n) is 6.23. The van der Waals surface area contributed by atoms with Crippen LogP contribution < -0.4 is 0 Å². The van der Waals surface area contributed by atoms with E-state index in [1.165, 1.54) is 36.0 Å². The maximum atomic E-state index is 13.2. The van der Waals surface area contributed by atoms with E-state index in [1.54, 1.807) is 25.1 Å². The van der Waals surface area contributed by atoms with Gasteiger partial charge in [-0.3, -0.25) is 0 Å². The summed E-state index contributed by atoms with van der Waals surface area (Å²) in [6.45, 7) is 1.57. The predicted octanol–water partition coefficient (Wildman–Crippen LogP) is 3.43. The smallest absolute Gasteiger partial charge is 0.175 e. The van der Waals surface area contributed by atoms with Crippen LogP contribution in [0, 0.1) is 5.82 Å². The average molecular weight is 326 g/mol. The zero-order valence-electron chi connectivity index (χ0n) is 11.6. The summed E-state index contributed by atoms with van der Waals surface area (Å²) in [7, 11) is -3.22. The molecule has 112 valence electrons. The van der Waals surface area contributed by atoms with Gasteiger partial charge in [0.15, 0.2) is 9.84 Å². The van der Waals surface area contributed by atoms with Crippen LogP contribution in [0.5, 0.6) is 0 Å². The third kappa shape index (κ3) is 4.06. The van der Waals surface area contributed by atoms with Crippen LogP contribution in [0.2, 0.25) is 0 Å². The van der Waals surface area contributed by atoms with Gasteiger partial charge < -0.3 is 5.11 Å². The van der Waals surface area contributed by atoms with Crippen LogP contribution in [-0.2, 0) is 9.84 Å².